The van der Waals surface area contributed by atoms with Crippen LogP contribution in [0.25, 0.3) is 16.7 Å². The summed E-state index contributed by atoms with van der Waals surface area (Å²) >= 11 is 0. The number of phenols is 1. The Bertz CT molecular complexity index is 857. The summed E-state index contributed by atoms with van der Waals surface area (Å²) in [6.07, 6.45) is 1.82. The molecule has 0 saturated heterocycles. The highest BCUT2D eigenvalue weighted by Crippen LogP contribution is 2.30. The van der Waals surface area contributed by atoms with Crippen LogP contribution in [-0.4, -0.2) is 35.5 Å². The van der Waals surface area contributed by atoms with Crippen molar-refractivity contribution in [2.75, 3.05) is 7.11 Å². The van der Waals surface area contributed by atoms with Gasteiger partial charge < -0.3 is 9.53 Å². The molecule has 5 nitrogen and oxygen atoms in total. The van der Waals surface area contributed by atoms with Crippen molar-refractivity contribution in [2.45, 2.75) is 38.9 Å². The third-order valence-corrected chi connectivity index (χ3v) is 7.26. The van der Waals surface area contributed by atoms with Crippen LogP contribution >= 0.6 is 0 Å². The average Bonchev–Trinajstić information content (AvgIpc) is 3.01. The minimum Gasteiger partial charge on any atom is -0.505 e. The fourth-order valence-corrected chi connectivity index (χ4v) is 4.18. The normalized spacial score (nSPS) is 12.0. The zero-order valence-corrected chi connectivity index (χ0v) is 16.3. The number of aryl methyl sites for hydroxylation is 2. The van der Waals surface area contributed by atoms with Crippen molar-refractivity contribution < 1.29 is 9.53 Å². The predicted molar refractivity (Wildman–Crippen MR) is 103 cm³/mol. The largest absolute Gasteiger partial charge is 0.505 e. The van der Waals surface area contributed by atoms with Crippen molar-refractivity contribution in [3.63, 3.8) is 0 Å². The van der Waals surface area contributed by atoms with Crippen LogP contribution in [0.3, 0.4) is 0 Å². The number of aromatic nitrogens is 3. The van der Waals surface area contributed by atoms with E-state index in [4.69, 9.17) is 4.43 Å². The maximum atomic E-state index is 10.8. The third kappa shape index (κ3) is 3.91. The number of hydrogen-bond acceptors (Lipinski definition) is 4. The van der Waals surface area contributed by atoms with Gasteiger partial charge in [-0.15, -0.1) is 15.0 Å². The lowest BCUT2D eigenvalue weighted by molar-refractivity contribution is 0.401. The van der Waals surface area contributed by atoms with Crippen molar-refractivity contribution in [2.24, 2.45) is 0 Å². The Labute approximate surface area is 149 Å². The van der Waals surface area contributed by atoms with Crippen LogP contribution in [0.15, 0.2) is 36.4 Å². The summed E-state index contributed by atoms with van der Waals surface area (Å²) in [7, 11) is 0.221. The standard InChI is InChI=1S/C19H25N3O2Si/c1-14-12-15(8-7-11-25(3,4)24-2)19(23)18(13-14)22-20-16-9-5-6-10-17(16)21-22/h5-6,9-10,12-13,23H,7-8,11H2,1-4H3. The van der Waals surface area contributed by atoms with Gasteiger partial charge in [-0.2, -0.15) is 0 Å². The van der Waals surface area contributed by atoms with E-state index >= 15 is 0 Å². The second-order valence-electron chi connectivity index (χ2n) is 7.09. The van der Waals surface area contributed by atoms with E-state index in [0.29, 0.717) is 5.69 Å². The molecular formula is C19H25N3O2Si. The molecule has 3 rings (SSSR count). The second kappa shape index (κ2) is 6.97. The van der Waals surface area contributed by atoms with Gasteiger partial charge in [-0.05, 0) is 68.2 Å². The summed E-state index contributed by atoms with van der Waals surface area (Å²) in [6, 6.07) is 12.7. The van der Waals surface area contributed by atoms with Gasteiger partial charge >= 0.3 is 0 Å². The van der Waals surface area contributed by atoms with E-state index < -0.39 is 8.32 Å². The number of phenolic OH excluding ortho intramolecular Hbond substituents is 1. The van der Waals surface area contributed by atoms with Crippen LogP contribution in [0.1, 0.15) is 17.5 Å². The van der Waals surface area contributed by atoms with E-state index in [1.165, 1.54) is 4.80 Å². The Hall–Kier alpha value is -2.18. The van der Waals surface area contributed by atoms with Gasteiger partial charge in [-0.3, -0.25) is 0 Å². The van der Waals surface area contributed by atoms with Crippen LogP contribution in [0.2, 0.25) is 19.1 Å². The fraction of sp³-hybridized carbons (Fsp3) is 0.368. The predicted octanol–water partition coefficient (Wildman–Crippen LogP) is 4.22. The van der Waals surface area contributed by atoms with Gasteiger partial charge in [0.05, 0.1) is 0 Å². The molecule has 0 aliphatic rings. The molecule has 132 valence electrons. The smallest absolute Gasteiger partial charge is 0.186 e. The molecule has 1 aromatic heterocycles. The Balaban J connectivity index is 1.89. The molecule has 0 aliphatic carbocycles. The molecule has 25 heavy (non-hydrogen) atoms. The van der Waals surface area contributed by atoms with Crippen molar-refractivity contribution in [3.8, 4) is 11.4 Å². The van der Waals surface area contributed by atoms with Gasteiger partial charge in [-0.25, -0.2) is 0 Å². The molecule has 6 heteroatoms. The van der Waals surface area contributed by atoms with Crippen LogP contribution in [0, 0.1) is 6.92 Å². The molecule has 0 spiro atoms. The van der Waals surface area contributed by atoms with Gasteiger partial charge in [0.2, 0.25) is 0 Å². The minimum absolute atomic E-state index is 0.266. The molecule has 1 heterocycles. The zero-order chi connectivity index (χ0) is 18.0. The topological polar surface area (TPSA) is 60.2 Å². The van der Waals surface area contributed by atoms with Gasteiger partial charge in [0.1, 0.15) is 22.5 Å². The van der Waals surface area contributed by atoms with Gasteiger partial charge in [-0.1, -0.05) is 18.2 Å². The van der Waals surface area contributed by atoms with Crippen LogP contribution < -0.4 is 0 Å². The molecule has 2 aromatic carbocycles. The molecule has 0 radical (unpaired) electrons. The van der Waals surface area contributed by atoms with Crippen LogP contribution in [0.4, 0.5) is 0 Å². The highest BCUT2D eigenvalue weighted by atomic mass is 28.4. The molecule has 0 unspecified atom stereocenters. The molecule has 0 atom stereocenters. The number of hydrogen-bond donors (Lipinski definition) is 1. The van der Waals surface area contributed by atoms with Crippen molar-refractivity contribution in [3.05, 3.63) is 47.5 Å². The molecule has 1 N–H and O–H groups in total. The van der Waals surface area contributed by atoms with Crippen LogP contribution in [-0.2, 0) is 10.8 Å². The van der Waals surface area contributed by atoms with Gasteiger partial charge in [0, 0.05) is 7.11 Å². The summed E-state index contributed by atoms with van der Waals surface area (Å²) in [5, 5.41) is 19.7. The lowest BCUT2D eigenvalue weighted by atomic mass is 10.0. The summed E-state index contributed by atoms with van der Waals surface area (Å²) < 4.78 is 5.61. The Kier molecular flexibility index (Phi) is 4.92. The first kappa shape index (κ1) is 17.6. The second-order valence-corrected chi connectivity index (χ2v) is 11.5. The van der Waals surface area contributed by atoms with Crippen molar-refractivity contribution in [1.82, 2.24) is 15.0 Å². The lowest BCUT2D eigenvalue weighted by Crippen LogP contribution is -2.28. The number of fused-ring (bicyclic) bond motifs is 1. The molecule has 0 fully saturated rings. The first-order chi connectivity index (χ1) is 11.9. The Morgan fingerprint density at radius 3 is 2.36 bits per heavy atom. The molecule has 0 aliphatic heterocycles. The molecule has 0 saturated carbocycles. The summed E-state index contributed by atoms with van der Waals surface area (Å²) in [4.78, 5) is 1.53. The van der Waals surface area contributed by atoms with Gasteiger partial charge in [0.15, 0.2) is 8.32 Å². The minimum atomic E-state index is -1.57. The first-order valence-corrected chi connectivity index (χ1v) is 11.7. The lowest BCUT2D eigenvalue weighted by Gasteiger charge is -2.20. The first-order valence-electron chi connectivity index (χ1n) is 8.60. The number of rotatable bonds is 6. The summed E-state index contributed by atoms with van der Waals surface area (Å²) in [5.41, 5.74) is 4.30. The maximum Gasteiger partial charge on any atom is 0.186 e. The van der Waals surface area contributed by atoms with E-state index in [2.05, 4.69) is 23.3 Å². The average molecular weight is 356 g/mol. The van der Waals surface area contributed by atoms with E-state index in [-0.39, 0.29) is 5.75 Å². The van der Waals surface area contributed by atoms with Crippen molar-refractivity contribution in [1.29, 1.82) is 0 Å². The number of benzene rings is 2. The van der Waals surface area contributed by atoms with E-state index in [1.807, 2.05) is 43.3 Å². The van der Waals surface area contributed by atoms with E-state index in [9.17, 15) is 5.11 Å². The summed E-state index contributed by atoms with van der Waals surface area (Å²) in [5.74, 6) is 0.266. The SMILES string of the molecule is CO[Si](C)(C)CCCc1cc(C)cc(-n2nc3ccccc3n2)c1O. The van der Waals surface area contributed by atoms with Crippen molar-refractivity contribution >= 4 is 19.4 Å². The highest BCUT2D eigenvalue weighted by molar-refractivity contribution is 6.71. The maximum absolute atomic E-state index is 10.8. The number of aromatic hydroxyl groups is 1. The molecular weight excluding hydrogens is 330 g/mol. The third-order valence-electron chi connectivity index (χ3n) is 4.59. The fourth-order valence-electron chi connectivity index (χ4n) is 2.95. The molecule has 3 aromatic rings. The zero-order valence-electron chi connectivity index (χ0n) is 15.3. The quantitative estimate of drug-likeness (QED) is 0.673. The Morgan fingerprint density at radius 1 is 1.12 bits per heavy atom. The van der Waals surface area contributed by atoms with Gasteiger partial charge in [0.25, 0.3) is 0 Å². The summed E-state index contributed by atoms with van der Waals surface area (Å²) in [6.45, 7) is 6.46. The Morgan fingerprint density at radius 2 is 1.76 bits per heavy atom. The molecule has 0 bridgehead atoms. The monoisotopic (exact) mass is 355 g/mol. The van der Waals surface area contributed by atoms with E-state index in [1.54, 1.807) is 7.11 Å². The van der Waals surface area contributed by atoms with E-state index in [0.717, 1.165) is 41.0 Å². The number of nitrogens with zero attached hydrogens (tertiary/aromatic N) is 3. The highest BCUT2D eigenvalue weighted by Gasteiger charge is 2.20. The van der Waals surface area contributed by atoms with Crippen LogP contribution in [0.5, 0.6) is 5.75 Å². The molecule has 0 amide bonds.